The summed E-state index contributed by atoms with van der Waals surface area (Å²) in [5, 5.41) is 2.98. The molecule has 0 saturated carbocycles. The highest BCUT2D eigenvalue weighted by atomic mass is 32.2. The lowest BCUT2D eigenvalue weighted by Gasteiger charge is -2.33. The molecule has 22 heavy (non-hydrogen) atoms. The standard InChI is InChI=1S/C16H26N2O3S/c1-15(2,3)11-16(4,5)17-14(19)12-9-7-8-10-13(12)18-22(6,20)21/h7-10,18H,11H2,1-6H3,(H,17,19). The summed E-state index contributed by atoms with van der Waals surface area (Å²) < 4.78 is 25.2. The Morgan fingerprint density at radius 1 is 1.09 bits per heavy atom. The van der Waals surface area contributed by atoms with Crippen molar-refractivity contribution in [1.29, 1.82) is 0 Å². The molecular formula is C16H26N2O3S. The van der Waals surface area contributed by atoms with Gasteiger partial charge in [0.2, 0.25) is 10.0 Å². The van der Waals surface area contributed by atoms with Gasteiger partial charge < -0.3 is 5.32 Å². The number of hydrogen-bond acceptors (Lipinski definition) is 3. The molecule has 1 rings (SSSR count). The van der Waals surface area contributed by atoms with Crippen LogP contribution >= 0.6 is 0 Å². The van der Waals surface area contributed by atoms with Gasteiger partial charge in [-0.3, -0.25) is 9.52 Å². The van der Waals surface area contributed by atoms with E-state index < -0.39 is 15.6 Å². The summed E-state index contributed by atoms with van der Waals surface area (Å²) in [5.74, 6) is -0.291. The van der Waals surface area contributed by atoms with E-state index in [0.717, 1.165) is 12.7 Å². The van der Waals surface area contributed by atoms with E-state index in [1.807, 2.05) is 13.8 Å². The Kier molecular flexibility index (Phi) is 5.28. The van der Waals surface area contributed by atoms with Gasteiger partial charge in [0, 0.05) is 5.54 Å². The summed E-state index contributed by atoms with van der Waals surface area (Å²) in [4.78, 5) is 12.5. The van der Waals surface area contributed by atoms with Crippen LogP contribution in [0.2, 0.25) is 0 Å². The van der Waals surface area contributed by atoms with Gasteiger partial charge in [-0.05, 0) is 37.8 Å². The van der Waals surface area contributed by atoms with Crippen LogP contribution < -0.4 is 10.0 Å². The molecule has 0 aliphatic heterocycles. The van der Waals surface area contributed by atoms with E-state index in [9.17, 15) is 13.2 Å². The van der Waals surface area contributed by atoms with Crippen LogP contribution in [0.15, 0.2) is 24.3 Å². The second kappa shape index (κ2) is 6.28. The average molecular weight is 326 g/mol. The topological polar surface area (TPSA) is 75.3 Å². The number of carbonyl (C=O) groups excluding carboxylic acids is 1. The molecule has 0 spiro atoms. The number of nitrogens with one attached hydrogen (secondary N) is 2. The highest BCUT2D eigenvalue weighted by Crippen LogP contribution is 2.27. The molecule has 0 aliphatic carbocycles. The van der Waals surface area contributed by atoms with Crippen molar-refractivity contribution in [2.75, 3.05) is 11.0 Å². The number of sulfonamides is 1. The zero-order chi connectivity index (χ0) is 17.2. The third-order valence-electron chi connectivity index (χ3n) is 2.89. The van der Waals surface area contributed by atoms with E-state index in [-0.39, 0.29) is 17.0 Å². The molecule has 124 valence electrons. The first-order chi connectivity index (χ1) is 9.79. The zero-order valence-electron chi connectivity index (χ0n) is 14.1. The Hall–Kier alpha value is -1.56. The average Bonchev–Trinajstić information content (AvgIpc) is 2.22. The van der Waals surface area contributed by atoms with E-state index >= 15 is 0 Å². The van der Waals surface area contributed by atoms with Gasteiger partial charge in [0.25, 0.3) is 5.91 Å². The summed E-state index contributed by atoms with van der Waals surface area (Å²) in [5.41, 5.74) is 0.276. The van der Waals surface area contributed by atoms with Gasteiger partial charge in [0.05, 0.1) is 17.5 Å². The molecule has 1 amide bonds. The van der Waals surface area contributed by atoms with E-state index in [1.165, 1.54) is 0 Å². The highest BCUT2D eigenvalue weighted by molar-refractivity contribution is 7.92. The van der Waals surface area contributed by atoms with Crippen LogP contribution in [-0.4, -0.2) is 26.1 Å². The largest absolute Gasteiger partial charge is 0.347 e. The van der Waals surface area contributed by atoms with Gasteiger partial charge in [-0.1, -0.05) is 32.9 Å². The Balaban J connectivity index is 3.00. The van der Waals surface area contributed by atoms with Crippen molar-refractivity contribution in [2.45, 2.75) is 46.6 Å². The molecule has 0 bridgehead atoms. The van der Waals surface area contributed by atoms with Crippen molar-refractivity contribution in [3.05, 3.63) is 29.8 Å². The lowest BCUT2D eigenvalue weighted by Crippen LogP contribution is -2.46. The number of carbonyl (C=O) groups is 1. The van der Waals surface area contributed by atoms with Crippen molar-refractivity contribution < 1.29 is 13.2 Å². The normalized spacial score (nSPS) is 12.8. The molecule has 1 aromatic carbocycles. The third-order valence-corrected chi connectivity index (χ3v) is 3.48. The lowest BCUT2D eigenvalue weighted by molar-refractivity contribution is 0.0892. The van der Waals surface area contributed by atoms with Crippen LogP contribution in [0.1, 0.15) is 51.4 Å². The maximum absolute atomic E-state index is 12.5. The SMILES string of the molecule is CC(C)(C)CC(C)(C)NC(=O)c1ccccc1NS(C)(=O)=O. The number of anilines is 1. The predicted octanol–water partition coefficient (Wildman–Crippen LogP) is 3.00. The molecule has 0 saturated heterocycles. The lowest BCUT2D eigenvalue weighted by atomic mass is 9.81. The van der Waals surface area contributed by atoms with Gasteiger partial charge in [0.15, 0.2) is 0 Å². The summed E-state index contributed by atoms with van der Waals surface area (Å²) in [7, 11) is -3.44. The van der Waals surface area contributed by atoms with Crippen LogP contribution in [0.3, 0.4) is 0 Å². The van der Waals surface area contributed by atoms with E-state index in [4.69, 9.17) is 0 Å². The fraction of sp³-hybridized carbons (Fsp3) is 0.562. The van der Waals surface area contributed by atoms with Crippen molar-refractivity contribution in [1.82, 2.24) is 5.32 Å². The van der Waals surface area contributed by atoms with Crippen molar-refractivity contribution in [2.24, 2.45) is 5.41 Å². The smallest absolute Gasteiger partial charge is 0.253 e. The second-order valence-electron chi connectivity index (χ2n) is 7.50. The first-order valence-electron chi connectivity index (χ1n) is 7.18. The van der Waals surface area contributed by atoms with Gasteiger partial charge in [0.1, 0.15) is 0 Å². The monoisotopic (exact) mass is 326 g/mol. The van der Waals surface area contributed by atoms with Crippen molar-refractivity contribution in [3.8, 4) is 0 Å². The molecule has 0 aliphatic rings. The molecule has 0 aromatic heterocycles. The molecular weight excluding hydrogens is 300 g/mol. The summed E-state index contributed by atoms with van der Waals surface area (Å²) >= 11 is 0. The van der Waals surface area contributed by atoms with Crippen LogP contribution in [-0.2, 0) is 10.0 Å². The van der Waals surface area contributed by atoms with Crippen LogP contribution in [0.5, 0.6) is 0 Å². The Labute approximate surface area is 133 Å². The van der Waals surface area contributed by atoms with Gasteiger partial charge in [-0.15, -0.1) is 0 Å². The zero-order valence-corrected chi connectivity index (χ0v) is 15.0. The Morgan fingerprint density at radius 3 is 2.14 bits per heavy atom. The van der Waals surface area contributed by atoms with Gasteiger partial charge in [-0.25, -0.2) is 8.42 Å². The summed E-state index contributed by atoms with van der Waals surface area (Å²) in [6.07, 6.45) is 1.86. The Bertz CT molecular complexity index is 644. The maximum atomic E-state index is 12.5. The molecule has 0 heterocycles. The molecule has 0 atom stereocenters. The summed E-state index contributed by atoms with van der Waals surface area (Å²) in [6, 6.07) is 6.58. The van der Waals surface area contributed by atoms with Crippen molar-refractivity contribution in [3.63, 3.8) is 0 Å². The fourth-order valence-electron chi connectivity index (χ4n) is 2.71. The molecule has 0 radical (unpaired) electrons. The number of amides is 1. The molecule has 2 N–H and O–H groups in total. The first kappa shape index (κ1) is 18.5. The quantitative estimate of drug-likeness (QED) is 0.873. The minimum absolute atomic E-state index is 0.0707. The summed E-state index contributed by atoms with van der Waals surface area (Å²) in [6.45, 7) is 10.3. The van der Waals surface area contributed by atoms with Crippen LogP contribution in [0, 0.1) is 5.41 Å². The third kappa shape index (κ3) is 6.47. The number of rotatable bonds is 5. The van der Waals surface area contributed by atoms with Gasteiger partial charge >= 0.3 is 0 Å². The number of benzene rings is 1. The number of para-hydroxylation sites is 1. The minimum Gasteiger partial charge on any atom is -0.347 e. The molecule has 5 nitrogen and oxygen atoms in total. The minimum atomic E-state index is -3.44. The van der Waals surface area contributed by atoms with Crippen molar-refractivity contribution >= 4 is 21.6 Å². The molecule has 0 fully saturated rings. The van der Waals surface area contributed by atoms with Gasteiger partial charge in [-0.2, -0.15) is 0 Å². The number of hydrogen-bond donors (Lipinski definition) is 2. The molecule has 6 heteroatoms. The predicted molar refractivity (Wildman–Crippen MR) is 90.5 cm³/mol. The Morgan fingerprint density at radius 2 is 1.64 bits per heavy atom. The van der Waals surface area contributed by atoms with E-state index in [1.54, 1.807) is 24.3 Å². The van der Waals surface area contributed by atoms with E-state index in [2.05, 4.69) is 30.8 Å². The fourth-order valence-corrected chi connectivity index (χ4v) is 3.29. The highest BCUT2D eigenvalue weighted by Gasteiger charge is 2.28. The molecule has 1 aromatic rings. The maximum Gasteiger partial charge on any atom is 0.253 e. The van der Waals surface area contributed by atoms with Crippen LogP contribution in [0.4, 0.5) is 5.69 Å². The van der Waals surface area contributed by atoms with Crippen LogP contribution in [0.25, 0.3) is 0 Å². The van der Waals surface area contributed by atoms with E-state index in [0.29, 0.717) is 5.56 Å². The molecule has 0 unspecified atom stereocenters. The first-order valence-corrected chi connectivity index (χ1v) is 9.08. The second-order valence-corrected chi connectivity index (χ2v) is 9.24.